The van der Waals surface area contributed by atoms with E-state index in [1.165, 1.54) is 46.1 Å². The zero-order chi connectivity index (χ0) is 36.9. The first kappa shape index (κ1) is 38.6. The molecule has 50 heavy (non-hydrogen) atoms. The van der Waals surface area contributed by atoms with Crippen LogP contribution in [-0.2, 0) is 47.4 Å². The minimum absolute atomic E-state index is 0.0881. The molecule has 4 aromatic carbocycles. The summed E-state index contributed by atoms with van der Waals surface area (Å²) in [4.78, 5) is 21.9. The summed E-state index contributed by atoms with van der Waals surface area (Å²) in [5.74, 6) is -0.748. The molecular formula is C35H34ClF2N2O8PS. The summed E-state index contributed by atoms with van der Waals surface area (Å²) in [7, 11) is -8.73. The van der Waals surface area contributed by atoms with Gasteiger partial charge >= 0.3 is 19.2 Å². The second kappa shape index (κ2) is 15.4. The van der Waals surface area contributed by atoms with E-state index in [9.17, 15) is 27.9 Å². The second-order valence-corrected chi connectivity index (χ2v) is 16.3. The van der Waals surface area contributed by atoms with Gasteiger partial charge in [0.25, 0.3) is 0 Å². The maximum Gasteiger partial charge on any atom is 0.404 e. The molecule has 0 saturated carbocycles. The molecule has 15 heteroatoms. The molecule has 4 aromatic rings. The molecule has 0 aliphatic carbocycles. The molecule has 0 aliphatic heterocycles. The third-order valence-corrected chi connectivity index (χ3v) is 11.0. The van der Waals surface area contributed by atoms with Crippen molar-refractivity contribution in [3.8, 4) is 22.9 Å². The fraction of sp³-hybridized carbons (Fsp3) is 0.257. The van der Waals surface area contributed by atoms with Gasteiger partial charge in [-0.1, -0.05) is 72.3 Å². The highest BCUT2D eigenvalue weighted by Crippen LogP contribution is 2.64. The van der Waals surface area contributed by atoms with E-state index in [0.717, 1.165) is 33.6 Å². The van der Waals surface area contributed by atoms with Crippen molar-refractivity contribution in [2.75, 3.05) is 13.9 Å². The number of halogens is 3. The van der Waals surface area contributed by atoms with Gasteiger partial charge in [0.1, 0.15) is 10.6 Å². The number of hydrogen-bond donors (Lipinski definition) is 1. The van der Waals surface area contributed by atoms with Crippen LogP contribution in [0.2, 0.25) is 5.02 Å². The van der Waals surface area contributed by atoms with Crippen LogP contribution in [0, 0.1) is 16.7 Å². The van der Waals surface area contributed by atoms with Gasteiger partial charge in [-0.25, -0.2) is 8.42 Å². The molecule has 0 bridgehead atoms. The molecular weight excluding hydrogens is 713 g/mol. The number of nitrogens with zero attached hydrogens (tertiary/aromatic N) is 2. The first-order valence-electron chi connectivity index (χ1n) is 14.9. The van der Waals surface area contributed by atoms with Gasteiger partial charge in [0.15, 0.2) is 0 Å². The zero-order valence-corrected chi connectivity index (χ0v) is 29.9. The zero-order valence-electron chi connectivity index (χ0n) is 27.5. The van der Waals surface area contributed by atoms with Gasteiger partial charge in [-0.3, -0.25) is 13.9 Å². The van der Waals surface area contributed by atoms with Crippen molar-refractivity contribution in [1.29, 1.82) is 5.26 Å². The molecule has 1 N–H and O–H groups in total. The Balaban J connectivity index is 1.64. The lowest BCUT2D eigenvalue weighted by atomic mass is 9.98. The van der Waals surface area contributed by atoms with Gasteiger partial charge in [-0.05, 0) is 73.4 Å². The Kier molecular flexibility index (Phi) is 11.9. The smallest absolute Gasteiger partial charge is 0.404 e. The molecule has 0 saturated heterocycles. The largest absolute Gasteiger partial charge is 0.495 e. The SMILES string of the molecule is COc1ccccc1S(=O)(=O)N(Cc1ccc(-c2cccc(C#N)c2)cc1)Cc1ccc(C(F)(F)P(=O)(O)OCOC(=O)C(C)(C)C)c(Cl)c1. The summed E-state index contributed by atoms with van der Waals surface area (Å²) in [5, 5.41) is 8.62. The fourth-order valence-corrected chi connectivity index (χ4v) is 7.49. The number of methoxy groups -OCH3 is 1. The number of benzene rings is 4. The maximum absolute atomic E-state index is 15.3. The monoisotopic (exact) mass is 746 g/mol. The van der Waals surface area contributed by atoms with Crippen LogP contribution in [0.3, 0.4) is 0 Å². The maximum atomic E-state index is 15.3. The number of hydrogen-bond acceptors (Lipinski definition) is 8. The summed E-state index contributed by atoms with van der Waals surface area (Å²) < 4.78 is 87.0. The minimum Gasteiger partial charge on any atom is -0.495 e. The predicted molar refractivity (Wildman–Crippen MR) is 183 cm³/mol. The van der Waals surface area contributed by atoms with Crippen molar-refractivity contribution < 1.29 is 45.4 Å². The molecule has 0 spiro atoms. The Hall–Kier alpha value is -4.15. The molecule has 0 radical (unpaired) electrons. The highest BCUT2D eigenvalue weighted by Gasteiger charge is 2.54. The van der Waals surface area contributed by atoms with Crippen LogP contribution in [0.4, 0.5) is 8.78 Å². The second-order valence-electron chi connectivity index (χ2n) is 12.1. The Morgan fingerprint density at radius 3 is 2.20 bits per heavy atom. The molecule has 4 rings (SSSR count). The summed E-state index contributed by atoms with van der Waals surface area (Å²) in [6, 6.07) is 25.2. The number of alkyl halides is 2. The van der Waals surface area contributed by atoms with E-state index in [0.29, 0.717) is 11.1 Å². The Morgan fingerprint density at radius 1 is 0.940 bits per heavy atom. The lowest BCUT2D eigenvalue weighted by Crippen LogP contribution is -2.30. The van der Waals surface area contributed by atoms with Crippen LogP contribution in [0.25, 0.3) is 11.1 Å². The number of nitriles is 1. The molecule has 1 atom stereocenters. The average Bonchev–Trinajstić information content (AvgIpc) is 3.07. The summed E-state index contributed by atoms with van der Waals surface area (Å²) >= 11 is 6.22. The molecule has 0 aliphatic rings. The van der Waals surface area contributed by atoms with E-state index in [1.54, 1.807) is 48.5 Å². The minimum atomic E-state index is -5.78. The molecule has 0 aromatic heterocycles. The summed E-state index contributed by atoms with van der Waals surface area (Å²) in [6.07, 6.45) is 0. The van der Waals surface area contributed by atoms with E-state index < -0.39 is 52.0 Å². The van der Waals surface area contributed by atoms with Crippen molar-refractivity contribution in [2.24, 2.45) is 5.41 Å². The molecule has 10 nitrogen and oxygen atoms in total. The first-order valence-corrected chi connectivity index (χ1v) is 18.3. The highest BCUT2D eigenvalue weighted by atomic mass is 35.5. The van der Waals surface area contributed by atoms with Gasteiger partial charge in [0, 0.05) is 13.1 Å². The number of sulfonamides is 1. The standard InChI is InChI=1S/C35H34ClF2N2O8PS/c1-34(2,3)33(41)47-23-48-49(42,43)35(37,38)29-17-14-26(19-30(29)36)22-40(50(44,45)32-11-6-5-10-31(32)46-4)21-24-12-15-27(16-13-24)28-9-7-8-25(18-28)20-39/h5-19H,21-23H2,1-4H3,(H,42,43). The van der Waals surface area contributed by atoms with Gasteiger partial charge in [-0.15, -0.1) is 0 Å². The summed E-state index contributed by atoms with van der Waals surface area (Å²) in [6.45, 7) is 2.82. The van der Waals surface area contributed by atoms with Gasteiger partial charge in [0.05, 0.1) is 34.7 Å². The van der Waals surface area contributed by atoms with Crippen LogP contribution < -0.4 is 4.74 Å². The van der Waals surface area contributed by atoms with Crippen LogP contribution >= 0.6 is 19.2 Å². The lowest BCUT2D eigenvalue weighted by molar-refractivity contribution is -0.160. The number of esters is 1. The van der Waals surface area contributed by atoms with Crippen LogP contribution in [0.5, 0.6) is 5.75 Å². The molecule has 0 heterocycles. The molecule has 0 fully saturated rings. The average molecular weight is 747 g/mol. The van der Waals surface area contributed by atoms with E-state index >= 15 is 8.78 Å². The number of carbonyl (C=O) groups excluding carboxylic acids is 1. The Labute approximate surface area is 294 Å². The van der Waals surface area contributed by atoms with Crippen LogP contribution in [0.1, 0.15) is 43.0 Å². The predicted octanol–water partition coefficient (Wildman–Crippen LogP) is 8.08. The molecule has 0 amide bonds. The Morgan fingerprint density at radius 2 is 1.58 bits per heavy atom. The van der Waals surface area contributed by atoms with Gasteiger partial charge < -0.3 is 14.4 Å². The van der Waals surface area contributed by atoms with E-state index in [1.807, 2.05) is 6.07 Å². The van der Waals surface area contributed by atoms with Crippen LogP contribution in [-0.4, -0.2) is 37.5 Å². The topological polar surface area (TPSA) is 143 Å². The van der Waals surface area contributed by atoms with Gasteiger partial charge in [0.2, 0.25) is 16.8 Å². The lowest BCUT2D eigenvalue weighted by Gasteiger charge is -2.25. The number of carbonyl (C=O) groups is 1. The van der Waals surface area contributed by atoms with E-state index in [4.69, 9.17) is 21.1 Å². The first-order chi connectivity index (χ1) is 23.4. The van der Waals surface area contributed by atoms with Crippen molar-refractivity contribution in [3.05, 3.63) is 118 Å². The van der Waals surface area contributed by atoms with Crippen LogP contribution in [0.15, 0.2) is 95.9 Å². The van der Waals surface area contributed by atoms with Crippen molar-refractivity contribution in [3.63, 3.8) is 0 Å². The van der Waals surface area contributed by atoms with Gasteiger partial charge in [-0.2, -0.15) is 18.3 Å². The normalized spacial score (nSPS) is 13.4. The number of para-hydroxylation sites is 1. The molecule has 1 unspecified atom stereocenters. The third kappa shape index (κ3) is 8.76. The fourth-order valence-electron chi connectivity index (χ4n) is 4.68. The number of ether oxygens (including phenoxy) is 2. The summed E-state index contributed by atoms with van der Waals surface area (Å²) in [5.41, 5.74) is -3.73. The number of rotatable bonds is 13. The van der Waals surface area contributed by atoms with E-state index in [2.05, 4.69) is 10.6 Å². The van der Waals surface area contributed by atoms with Crippen molar-refractivity contribution in [1.82, 2.24) is 4.31 Å². The highest BCUT2D eigenvalue weighted by molar-refractivity contribution is 7.89. The molecule has 264 valence electrons. The van der Waals surface area contributed by atoms with Crippen molar-refractivity contribution in [2.45, 2.75) is 44.4 Å². The van der Waals surface area contributed by atoms with E-state index in [-0.39, 0.29) is 29.3 Å². The van der Waals surface area contributed by atoms with Crippen molar-refractivity contribution >= 4 is 35.2 Å². The Bertz CT molecular complexity index is 2070. The quantitative estimate of drug-likeness (QED) is 0.0816. The third-order valence-electron chi connectivity index (χ3n) is 7.43.